The average Bonchev–Trinajstić information content (AvgIpc) is 2.99. The fourth-order valence-corrected chi connectivity index (χ4v) is 3.20. The van der Waals surface area contributed by atoms with Gasteiger partial charge in [0.1, 0.15) is 11.4 Å². The smallest absolute Gasteiger partial charge is 0.272 e. The van der Waals surface area contributed by atoms with Gasteiger partial charge in [-0.25, -0.2) is 4.98 Å². The number of anilines is 1. The quantitative estimate of drug-likeness (QED) is 0.865. The van der Waals surface area contributed by atoms with Crippen LogP contribution < -0.4 is 9.64 Å². The number of amides is 1. The Hall–Kier alpha value is -2.15. The number of pyridine rings is 1. The topological polar surface area (TPSA) is 58.6 Å². The van der Waals surface area contributed by atoms with E-state index in [1.54, 1.807) is 36.8 Å². The molecule has 1 fully saturated rings. The predicted octanol–water partition coefficient (Wildman–Crippen LogP) is 1.90. The van der Waals surface area contributed by atoms with Gasteiger partial charge in [0.05, 0.1) is 7.11 Å². The molecule has 6 nitrogen and oxygen atoms in total. The van der Waals surface area contributed by atoms with Gasteiger partial charge in [-0.3, -0.25) is 9.78 Å². The summed E-state index contributed by atoms with van der Waals surface area (Å²) >= 11 is 1.63. The lowest BCUT2D eigenvalue weighted by Gasteiger charge is -2.21. The van der Waals surface area contributed by atoms with Crippen molar-refractivity contribution in [2.24, 2.45) is 0 Å². The first kappa shape index (κ1) is 14.8. The first-order valence-corrected chi connectivity index (χ1v) is 8.09. The Balaban J connectivity index is 1.68. The van der Waals surface area contributed by atoms with Crippen molar-refractivity contribution < 1.29 is 9.53 Å². The maximum absolute atomic E-state index is 12.6. The highest BCUT2D eigenvalue weighted by Gasteiger charge is 2.22. The van der Waals surface area contributed by atoms with Crippen molar-refractivity contribution >= 4 is 22.4 Å². The number of nitrogens with zero attached hydrogens (tertiary/aromatic N) is 4. The molecule has 0 saturated carbocycles. The van der Waals surface area contributed by atoms with E-state index in [9.17, 15) is 4.79 Å². The number of carbonyl (C=O) groups excluding carboxylic acids is 1. The molecule has 3 heterocycles. The molecule has 22 heavy (non-hydrogen) atoms. The van der Waals surface area contributed by atoms with Crippen molar-refractivity contribution in [1.29, 1.82) is 0 Å². The van der Waals surface area contributed by atoms with E-state index in [2.05, 4.69) is 14.9 Å². The summed E-state index contributed by atoms with van der Waals surface area (Å²) in [5.41, 5.74) is 0.432. The second kappa shape index (κ2) is 6.74. The van der Waals surface area contributed by atoms with Gasteiger partial charge in [-0.1, -0.05) is 0 Å². The third-order valence-corrected chi connectivity index (χ3v) is 4.49. The van der Waals surface area contributed by atoms with Crippen molar-refractivity contribution in [3.05, 3.63) is 35.6 Å². The SMILES string of the molecule is COc1ccnc(C(=O)N2CCCN(c3nccs3)CC2)c1. The third kappa shape index (κ3) is 3.19. The molecule has 7 heteroatoms. The summed E-state index contributed by atoms with van der Waals surface area (Å²) < 4.78 is 5.16. The highest BCUT2D eigenvalue weighted by molar-refractivity contribution is 7.13. The van der Waals surface area contributed by atoms with E-state index in [0.29, 0.717) is 18.0 Å². The zero-order chi connectivity index (χ0) is 15.4. The van der Waals surface area contributed by atoms with Crippen LogP contribution in [0.4, 0.5) is 5.13 Å². The summed E-state index contributed by atoms with van der Waals surface area (Å²) in [7, 11) is 1.58. The normalized spacial score (nSPS) is 15.5. The minimum atomic E-state index is -0.0418. The number of thiazole rings is 1. The van der Waals surface area contributed by atoms with E-state index < -0.39 is 0 Å². The predicted molar refractivity (Wildman–Crippen MR) is 85.6 cm³/mol. The lowest BCUT2D eigenvalue weighted by atomic mass is 10.3. The largest absolute Gasteiger partial charge is 0.497 e. The first-order chi connectivity index (χ1) is 10.8. The van der Waals surface area contributed by atoms with Crippen LogP contribution in [0, 0.1) is 0 Å². The molecule has 2 aromatic rings. The summed E-state index contributed by atoms with van der Waals surface area (Å²) in [6.07, 6.45) is 4.34. The van der Waals surface area contributed by atoms with Crippen LogP contribution in [0.25, 0.3) is 0 Å². The maximum atomic E-state index is 12.6. The standard InChI is InChI=1S/C15H18N4O2S/c1-21-12-3-4-16-13(11-12)14(20)18-6-2-7-19(9-8-18)15-17-5-10-22-15/h3-5,10-11H,2,6-9H2,1H3. The molecule has 0 aliphatic carbocycles. The molecule has 0 atom stereocenters. The van der Waals surface area contributed by atoms with Crippen LogP contribution in [0.2, 0.25) is 0 Å². The summed E-state index contributed by atoms with van der Waals surface area (Å²) in [5, 5.41) is 3.00. The van der Waals surface area contributed by atoms with E-state index in [0.717, 1.165) is 31.2 Å². The highest BCUT2D eigenvalue weighted by atomic mass is 32.1. The van der Waals surface area contributed by atoms with Crippen molar-refractivity contribution in [3.8, 4) is 5.75 Å². The Morgan fingerprint density at radius 1 is 1.23 bits per heavy atom. The second-order valence-corrected chi connectivity index (χ2v) is 5.90. The van der Waals surface area contributed by atoms with Gasteiger partial charge in [0.25, 0.3) is 5.91 Å². The molecule has 116 valence electrons. The minimum Gasteiger partial charge on any atom is -0.497 e. The number of hydrogen-bond donors (Lipinski definition) is 0. The Bertz CT molecular complexity index is 632. The molecule has 0 unspecified atom stereocenters. The number of methoxy groups -OCH3 is 1. The summed E-state index contributed by atoms with van der Waals surface area (Å²) in [5.74, 6) is 0.609. The molecule has 0 aromatic carbocycles. The summed E-state index contributed by atoms with van der Waals surface area (Å²) in [6, 6.07) is 3.43. The van der Waals surface area contributed by atoms with E-state index in [1.807, 2.05) is 16.5 Å². The van der Waals surface area contributed by atoms with Gasteiger partial charge < -0.3 is 14.5 Å². The second-order valence-electron chi connectivity index (χ2n) is 5.03. The number of ether oxygens (including phenoxy) is 1. The number of rotatable bonds is 3. The fourth-order valence-electron chi connectivity index (χ4n) is 2.50. The summed E-state index contributed by atoms with van der Waals surface area (Å²) in [4.78, 5) is 25.2. The third-order valence-electron chi connectivity index (χ3n) is 3.66. The molecule has 0 bridgehead atoms. The van der Waals surface area contributed by atoms with Gasteiger partial charge in [-0.05, 0) is 12.5 Å². The van der Waals surface area contributed by atoms with Gasteiger partial charge >= 0.3 is 0 Å². The Kier molecular flexibility index (Phi) is 4.53. The van der Waals surface area contributed by atoms with Gasteiger partial charge in [0.2, 0.25) is 0 Å². The lowest BCUT2D eigenvalue weighted by molar-refractivity contribution is 0.0760. The van der Waals surface area contributed by atoms with Crippen LogP contribution in [-0.4, -0.2) is 54.1 Å². The molecule has 1 aliphatic rings. The van der Waals surface area contributed by atoms with E-state index in [1.165, 1.54) is 0 Å². The molecule has 0 N–H and O–H groups in total. The first-order valence-electron chi connectivity index (χ1n) is 7.21. The van der Waals surface area contributed by atoms with Crippen molar-refractivity contribution in [3.63, 3.8) is 0 Å². The van der Waals surface area contributed by atoms with Gasteiger partial charge in [0, 0.05) is 50.0 Å². The Labute approximate surface area is 133 Å². The van der Waals surface area contributed by atoms with Crippen LogP contribution in [0.1, 0.15) is 16.9 Å². The zero-order valence-corrected chi connectivity index (χ0v) is 13.3. The lowest BCUT2D eigenvalue weighted by Crippen LogP contribution is -2.35. The average molecular weight is 318 g/mol. The fraction of sp³-hybridized carbons (Fsp3) is 0.400. The van der Waals surface area contributed by atoms with Crippen molar-refractivity contribution in [1.82, 2.24) is 14.9 Å². The molecule has 2 aromatic heterocycles. The Morgan fingerprint density at radius 3 is 2.91 bits per heavy atom. The van der Waals surface area contributed by atoms with E-state index >= 15 is 0 Å². The molecule has 1 saturated heterocycles. The van der Waals surface area contributed by atoms with Crippen LogP contribution in [-0.2, 0) is 0 Å². The number of carbonyl (C=O) groups is 1. The van der Waals surface area contributed by atoms with Gasteiger partial charge in [0.15, 0.2) is 5.13 Å². The van der Waals surface area contributed by atoms with Gasteiger partial charge in [-0.2, -0.15) is 0 Å². The van der Waals surface area contributed by atoms with Crippen molar-refractivity contribution in [2.45, 2.75) is 6.42 Å². The van der Waals surface area contributed by atoms with Crippen LogP contribution in [0.5, 0.6) is 5.75 Å². The Morgan fingerprint density at radius 2 is 2.14 bits per heavy atom. The molecular formula is C15H18N4O2S. The monoisotopic (exact) mass is 318 g/mol. The number of aromatic nitrogens is 2. The molecule has 1 amide bonds. The summed E-state index contributed by atoms with van der Waals surface area (Å²) in [6.45, 7) is 3.13. The van der Waals surface area contributed by atoms with E-state index in [4.69, 9.17) is 4.74 Å². The van der Waals surface area contributed by atoms with E-state index in [-0.39, 0.29) is 5.91 Å². The molecule has 3 rings (SSSR count). The van der Waals surface area contributed by atoms with Crippen LogP contribution in [0.3, 0.4) is 0 Å². The molecule has 1 aliphatic heterocycles. The minimum absolute atomic E-state index is 0.0418. The molecule has 0 spiro atoms. The molecule has 0 radical (unpaired) electrons. The van der Waals surface area contributed by atoms with Gasteiger partial charge in [-0.15, -0.1) is 11.3 Å². The molecular weight excluding hydrogens is 300 g/mol. The van der Waals surface area contributed by atoms with Crippen LogP contribution in [0.15, 0.2) is 29.9 Å². The van der Waals surface area contributed by atoms with Crippen molar-refractivity contribution in [2.75, 3.05) is 38.2 Å². The highest BCUT2D eigenvalue weighted by Crippen LogP contribution is 2.20. The van der Waals surface area contributed by atoms with Crippen LogP contribution >= 0.6 is 11.3 Å². The zero-order valence-electron chi connectivity index (χ0n) is 12.4. The maximum Gasteiger partial charge on any atom is 0.272 e. The number of hydrogen-bond acceptors (Lipinski definition) is 6.